The average Bonchev–Trinajstić information content (AvgIpc) is 3.53. The van der Waals surface area contributed by atoms with Crippen molar-refractivity contribution in [2.75, 3.05) is 13.1 Å². The zero-order valence-corrected chi connectivity index (χ0v) is 26.8. The predicted octanol–water partition coefficient (Wildman–Crippen LogP) is 6.37. The molecule has 232 valence electrons. The molecule has 0 aliphatic carbocycles. The predicted molar refractivity (Wildman–Crippen MR) is 203 cm³/mol. The third-order valence-electron chi connectivity index (χ3n) is 9.50. The van der Waals surface area contributed by atoms with Crippen molar-refractivity contribution in [1.82, 2.24) is 25.6 Å². The third kappa shape index (κ3) is 5.37. The number of hydrogen-bond acceptors (Lipinski definition) is 5. The van der Waals surface area contributed by atoms with Crippen molar-refractivity contribution in [3.05, 3.63) is 169 Å². The maximum atomic E-state index is 5.11. The first-order valence-electron chi connectivity index (χ1n) is 16.8. The molecule has 0 spiro atoms. The van der Waals surface area contributed by atoms with Crippen molar-refractivity contribution in [3.8, 4) is 44.9 Å². The van der Waals surface area contributed by atoms with Crippen LogP contribution in [0.1, 0.15) is 11.4 Å². The van der Waals surface area contributed by atoms with E-state index in [1.165, 1.54) is 27.5 Å². The van der Waals surface area contributed by atoms with E-state index in [0.717, 1.165) is 69.6 Å². The molecule has 3 aliphatic rings. The van der Waals surface area contributed by atoms with E-state index in [4.69, 9.17) is 15.0 Å². The molecular weight excluding hydrogens is 597 g/mol. The van der Waals surface area contributed by atoms with Gasteiger partial charge in [-0.1, -0.05) is 120 Å². The summed E-state index contributed by atoms with van der Waals surface area (Å²) in [6.45, 7) is 1.67. The second-order valence-electron chi connectivity index (χ2n) is 12.4. The van der Waals surface area contributed by atoms with Gasteiger partial charge in [-0.2, -0.15) is 0 Å². The summed E-state index contributed by atoms with van der Waals surface area (Å²) in [5.41, 5.74) is 16.3. The van der Waals surface area contributed by atoms with Crippen LogP contribution in [-0.4, -0.2) is 34.8 Å². The van der Waals surface area contributed by atoms with Gasteiger partial charge >= 0.3 is 0 Å². The van der Waals surface area contributed by atoms with Crippen molar-refractivity contribution in [2.45, 2.75) is 0 Å². The molecule has 49 heavy (non-hydrogen) atoms. The van der Waals surface area contributed by atoms with Crippen LogP contribution in [0.4, 0.5) is 0 Å². The highest BCUT2D eigenvalue weighted by molar-refractivity contribution is 6.99. The van der Waals surface area contributed by atoms with E-state index in [1.54, 1.807) is 0 Å². The smallest absolute Gasteiger partial charge is 0.243 e. The minimum absolute atomic E-state index is 0.0588. The van der Waals surface area contributed by atoms with Crippen LogP contribution in [0, 0.1) is 0 Å². The van der Waals surface area contributed by atoms with Gasteiger partial charge in [0, 0.05) is 24.8 Å². The molecular formula is C43H32BN5. The van der Waals surface area contributed by atoms with Gasteiger partial charge in [-0.25, -0.2) is 9.97 Å². The van der Waals surface area contributed by atoms with Crippen LogP contribution in [0.2, 0.25) is 0 Å². The van der Waals surface area contributed by atoms with E-state index in [0.29, 0.717) is 0 Å². The summed E-state index contributed by atoms with van der Waals surface area (Å²) in [6, 6.07) is 41.0. The van der Waals surface area contributed by atoms with E-state index in [9.17, 15) is 0 Å². The topological polar surface area (TPSA) is 62.7 Å². The Morgan fingerprint density at radius 3 is 1.61 bits per heavy atom. The van der Waals surface area contributed by atoms with Crippen LogP contribution >= 0.6 is 0 Å². The average molecular weight is 630 g/mol. The first-order chi connectivity index (χ1) is 24.3. The molecule has 6 heteroatoms. The normalized spacial score (nSPS) is 14.3. The number of pyridine rings is 3. The summed E-state index contributed by atoms with van der Waals surface area (Å²) >= 11 is 0. The minimum atomic E-state index is 0.0588. The van der Waals surface area contributed by atoms with Gasteiger partial charge in [-0.05, 0) is 70.8 Å². The van der Waals surface area contributed by atoms with Gasteiger partial charge in [0.25, 0.3) is 0 Å². The Morgan fingerprint density at radius 1 is 0.469 bits per heavy atom. The van der Waals surface area contributed by atoms with E-state index in [2.05, 4.69) is 150 Å². The molecule has 0 saturated heterocycles. The van der Waals surface area contributed by atoms with Crippen molar-refractivity contribution >= 4 is 34.5 Å². The number of aromatic nitrogens is 3. The Kier molecular flexibility index (Phi) is 7.32. The third-order valence-corrected chi connectivity index (χ3v) is 9.50. The van der Waals surface area contributed by atoms with Crippen LogP contribution < -0.4 is 27.0 Å². The molecule has 0 amide bonds. The number of nitrogens with one attached hydrogen (secondary N) is 2. The molecule has 0 fully saturated rings. The standard InChI is InChI=1S/C43H32BN5/c1-3-13-34-31(11-1)32-12-2-4-14-35(32)44(34)36-27-29(37-17-9-19-42(48-37)40-15-5-7-25-45-40)21-23-33(36)39-24-22-30(28-47-39)38-18-10-20-43(49-38)41-16-6-8-26-46-41/h1-24,27-28,45-46H,25-26H2. The molecule has 0 saturated carbocycles. The maximum Gasteiger partial charge on any atom is 0.243 e. The summed E-state index contributed by atoms with van der Waals surface area (Å²) in [4.78, 5) is 15.1. The van der Waals surface area contributed by atoms with Crippen molar-refractivity contribution in [3.63, 3.8) is 0 Å². The first-order valence-corrected chi connectivity index (χ1v) is 16.8. The Bertz CT molecular complexity index is 2310. The van der Waals surface area contributed by atoms with Crippen molar-refractivity contribution in [1.29, 1.82) is 0 Å². The number of allylic oxidation sites excluding steroid dienone is 4. The van der Waals surface area contributed by atoms with Gasteiger partial charge in [0.15, 0.2) is 0 Å². The van der Waals surface area contributed by atoms with E-state index in [1.807, 2.05) is 18.3 Å². The number of rotatable bonds is 6. The number of hydrogen-bond donors (Lipinski definition) is 2. The molecule has 6 aromatic rings. The molecule has 2 N–H and O–H groups in total. The van der Waals surface area contributed by atoms with Crippen molar-refractivity contribution in [2.24, 2.45) is 0 Å². The summed E-state index contributed by atoms with van der Waals surface area (Å²) < 4.78 is 0. The number of nitrogens with zero attached hydrogens (tertiary/aromatic N) is 3. The van der Waals surface area contributed by atoms with Crippen LogP contribution in [0.5, 0.6) is 0 Å². The summed E-state index contributed by atoms with van der Waals surface area (Å²) in [6.07, 6.45) is 14.4. The van der Waals surface area contributed by atoms with Crippen LogP contribution in [-0.2, 0) is 0 Å². The Morgan fingerprint density at radius 2 is 1.04 bits per heavy atom. The van der Waals surface area contributed by atoms with Gasteiger partial charge in [-0.15, -0.1) is 0 Å². The number of dihydropyridines is 2. The molecule has 3 aromatic heterocycles. The Hall–Kier alpha value is -6.27. The second-order valence-corrected chi connectivity index (χ2v) is 12.4. The van der Waals surface area contributed by atoms with Gasteiger partial charge in [-0.3, -0.25) is 4.98 Å². The molecule has 0 radical (unpaired) electrons. The molecule has 6 heterocycles. The maximum absolute atomic E-state index is 5.11. The quantitative estimate of drug-likeness (QED) is 0.210. The number of fused-ring (bicyclic) bond motifs is 3. The molecule has 0 bridgehead atoms. The van der Waals surface area contributed by atoms with Gasteiger partial charge in [0.2, 0.25) is 6.71 Å². The summed E-state index contributed by atoms with van der Waals surface area (Å²) in [5.74, 6) is 0. The lowest BCUT2D eigenvalue weighted by molar-refractivity contribution is 0.982. The van der Waals surface area contributed by atoms with Gasteiger partial charge < -0.3 is 10.6 Å². The van der Waals surface area contributed by atoms with E-state index < -0.39 is 0 Å². The SMILES string of the molecule is C1=CCNC(c2cccc(-c3ccc(-c4ccc(-c5cccc(C6=CC=CCN6)n5)cc4B4c5ccccc5-c5ccccc54)nc3)n2)=C1. The largest absolute Gasteiger partial charge is 0.380 e. The van der Waals surface area contributed by atoms with E-state index in [-0.39, 0.29) is 6.71 Å². The Labute approximate surface area is 286 Å². The molecule has 0 atom stereocenters. The van der Waals surface area contributed by atoms with Gasteiger partial charge in [0.1, 0.15) is 0 Å². The number of benzene rings is 3. The summed E-state index contributed by atoms with van der Waals surface area (Å²) in [7, 11) is 0. The second kappa shape index (κ2) is 12.4. The molecule has 0 unspecified atom stereocenters. The Balaban J connectivity index is 1.16. The lowest BCUT2D eigenvalue weighted by atomic mass is 9.38. The van der Waals surface area contributed by atoms with Crippen LogP contribution in [0.25, 0.3) is 56.3 Å². The van der Waals surface area contributed by atoms with Crippen molar-refractivity contribution < 1.29 is 0 Å². The highest BCUT2D eigenvalue weighted by Crippen LogP contribution is 2.29. The highest BCUT2D eigenvalue weighted by atomic mass is 14.9. The molecule has 3 aromatic carbocycles. The molecule has 5 nitrogen and oxygen atoms in total. The molecule has 9 rings (SSSR count). The zero-order valence-electron chi connectivity index (χ0n) is 26.8. The zero-order chi connectivity index (χ0) is 32.6. The lowest BCUT2D eigenvalue weighted by Gasteiger charge is -2.18. The van der Waals surface area contributed by atoms with Crippen LogP contribution in [0.3, 0.4) is 0 Å². The first kappa shape index (κ1) is 28.9. The highest BCUT2D eigenvalue weighted by Gasteiger charge is 2.35. The fourth-order valence-electron chi connectivity index (χ4n) is 7.15. The lowest BCUT2D eigenvalue weighted by Crippen LogP contribution is -2.49. The summed E-state index contributed by atoms with van der Waals surface area (Å²) in [5, 5.41) is 6.86. The van der Waals surface area contributed by atoms with Crippen LogP contribution in [0.15, 0.2) is 158 Å². The fourth-order valence-corrected chi connectivity index (χ4v) is 7.15. The monoisotopic (exact) mass is 629 g/mol. The van der Waals surface area contributed by atoms with E-state index >= 15 is 0 Å². The minimum Gasteiger partial charge on any atom is -0.380 e. The molecule has 3 aliphatic heterocycles. The fraction of sp³-hybridized carbons (Fsp3) is 0.0465. The van der Waals surface area contributed by atoms with Gasteiger partial charge in [0.05, 0.1) is 39.9 Å².